The molecule has 0 amide bonds. The van der Waals surface area contributed by atoms with E-state index in [1.807, 2.05) is 0 Å². The molecule has 21 heavy (non-hydrogen) atoms. The Hall–Kier alpha value is -0.850. The number of aryl methyl sites for hydroxylation is 1. The van der Waals surface area contributed by atoms with Crippen molar-refractivity contribution in [2.45, 2.75) is 58.0 Å². The summed E-state index contributed by atoms with van der Waals surface area (Å²) in [4.78, 5) is 0.207. The Balaban J connectivity index is 2.67. The summed E-state index contributed by atoms with van der Waals surface area (Å²) >= 11 is 0. The Bertz CT molecular complexity index is 547. The van der Waals surface area contributed by atoms with Gasteiger partial charge in [0.1, 0.15) is 0 Å². The predicted octanol–water partition coefficient (Wildman–Crippen LogP) is 2.40. The van der Waals surface area contributed by atoms with Crippen LogP contribution in [0.5, 0.6) is 0 Å². The van der Waals surface area contributed by atoms with Crippen LogP contribution in [0.4, 0.5) is 0 Å². The lowest BCUT2D eigenvalue weighted by Gasteiger charge is -2.24. The summed E-state index contributed by atoms with van der Waals surface area (Å²) in [5.41, 5.74) is 0.522. The maximum atomic E-state index is 12.3. The van der Waals surface area contributed by atoms with Crippen LogP contribution < -0.4 is 4.72 Å². The summed E-state index contributed by atoms with van der Waals surface area (Å²) < 4.78 is 28.9. The van der Waals surface area contributed by atoms with E-state index in [1.165, 1.54) is 18.7 Å². The SMILES string of the molecule is CCCCCC(C)(C)CNS(=O)(=O)c1cc(CO)n(C)c1. The van der Waals surface area contributed by atoms with E-state index in [-0.39, 0.29) is 16.9 Å². The van der Waals surface area contributed by atoms with E-state index in [0.717, 1.165) is 19.3 Å². The van der Waals surface area contributed by atoms with Crippen LogP contribution in [0.1, 0.15) is 52.1 Å². The lowest BCUT2D eigenvalue weighted by Crippen LogP contribution is -2.33. The number of unbranched alkanes of at least 4 members (excludes halogenated alkanes) is 2. The molecule has 122 valence electrons. The number of aliphatic hydroxyl groups excluding tert-OH is 1. The Morgan fingerprint density at radius 3 is 2.52 bits per heavy atom. The molecular weight excluding hydrogens is 288 g/mol. The number of nitrogens with one attached hydrogen (secondary N) is 1. The zero-order valence-electron chi connectivity index (χ0n) is 13.5. The molecule has 0 radical (unpaired) electrons. The standard InChI is InChI=1S/C15H28N2O3S/c1-5-6-7-8-15(2,3)12-16-21(19,20)14-9-13(11-18)17(4)10-14/h9-10,16,18H,5-8,11-12H2,1-4H3. The van der Waals surface area contributed by atoms with E-state index in [0.29, 0.717) is 12.2 Å². The Labute approximate surface area is 128 Å². The van der Waals surface area contributed by atoms with E-state index in [4.69, 9.17) is 5.11 Å². The van der Waals surface area contributed by atoms with Gasteiger partial charge in [0.05, 0.1) is 11.5 Å². The molecule has 0 saturated heterocycles. The van der Waals surface area contributed by atoms with Crippen LogP contribution in [0.25, 0.3) is 0 Å². The van der Waals surface area contributed by atoms with E-state index >= 15 is 0 Å². The highest BCUT2D eigenvalue weighted by atomic mass is 32.2. The van der Waals surface area contributed by atoms with Crippen molar-refractivity contribution in [3.63, 3.8) is 0 Å². The van der Waals surface area contributed by atoms with Crippen molar-refractivity contribution in [3.8, 4) is 0 Å². The van der Waals surface area contributed by atoms with Crippen molar-refractivity contribution in [1.82, 2.24) is 9.29 Å². The van der Waals surface area contributed by atoms with Crippen LogP contribution >= 0.6 is 0 Å². The van der Waals surface area contributed by atoms with Crippen molar-refractivity contribution in [3.05, 3.63) is 18.0 Å². The van der Waals surface area contributed by atoms with Crippen LogP contribution in [0.3, 0.4) is 0 Å². The van der Waals surface area contributed by atoms with Crippen molar-refractivity contribution >= 4 is 10.0 Å². The first-order valence-corrected chi connectivity index (χ1v) is 8.96. The van der Waals surface area contributed by atoms with Gasteiger partial charge in [-0.2, -0.15) is 0 Å². The molecule has 0 aliphatic rings. The van der Waals surface area contributed by atoms with Gasteiger partial charge in [-0.25, -0.2) is 13.1 Å². The molecule has 0 aliphatic heterocycles. The van der Waals surface area contributed by atoms with E-state index in [1.54, 1.807) is 11.6 Å². The van der Waals surface area contributed by atoms with Crippen LogP contribution in [0, 0.1) is 5.41 Å². The van der Waals surface area contributed by atoms with E-state index in [9.17, 15) is 8.42 Å². The summed E-state index contributed by atoms with van der Waals surface area (Å²) in [6.07, 6.45) is 5.98. The van der Waals surface area contributed by atoms with Gasteiger partial charge in [0.15, 0.2) is 0 Å². The van der Waals surface area contributed by atoms with E-state index in [2.05, 4.69) is 25.5 Å². The average molecular weight is 316 g/mol. The molecule has 1 heterocycles. The third kappa shape index (κ3) is 5.45. The maximum Gasteiger partial charge on any atom is 0.242 e. The summed E-state index contributed by atoms with van der Waals surface area (Å²) in [5, 5.41) is 9.14. The number of aromatic nitrogens is 1. The molecule has 1 aromatic heterocycles. The average Bonchev–Trinajstić information content (AvgIpc) is 2.79. The molecule has 0 unspecified atom stereocenters. The highest BCUT2D eigenvalue weighted by molar-refractivity contribution is 7.89. The Kier molecular flexibility index (Phi) is 6.43. The largest absolute Gasteiger partial charge is 0.390 e. The minimum Gasteiger partial charge on any atom is -0.390 e. The monoisotopic (exact) mass is 316 g/mol. The van der Waals surface area contributed by atoms with Gasteiger partial charge in [0.2, 0.25) is 10.0 Å². The number of rotatable bonds is 9. The van der Waals surface area contributed by atoms with Gasteiger partial charge >= 0.3 is 0 Å². The van der Waals surface area contributed by atoms with Crippen molar-refractivity contribution in [1.29, 1.82) is 0 Å². The third-order valence-electron chi connectivity index (χ3n) is 3.75. The fourth-order valence-electron chi connectivity index (χ4n) is 2.20. The van der Waals surface area contributed by atoms with Crippen LogP contribution in [-0.2, 0) is 23.7 Å². The molecule has 0 aromatic carbocycles. The van der Waals surface area contributed by atoms with Gasteiger partial charge in [0.25, 0.3) is 0 Å². The number of hydrogen-bond donors (Lipinski definition) is 2. The summed E-state index contributed by atoms with van der Waals surface area (Å²) in [5.74, 6) is 0. The normalized spacial score (nSPS) is 12.8. The van der Waals surface area contributed by atoms with Crippen molar-refractivity contribution in [2.75, 3.05) is 6.54 Å². The van der Waals surface area contributed by atoms with Crippen LogP contribution in [0.15, 0.2) is 17.2 Å². The van der Waals surface area contributed by atoms with Gasteiger partial charge < -0.3 is 9.67 Å². The molecule has 0 aliphatic carbocycles. The summed E-state index contributed by atoms with van der Waals surface area (Å²) in [6.45, 7) is 6.56. The van der Waals surface area contributed by atoms with Gasteiger partial charge in [-0.1, -0.05) is 40.0 Å². The molecule has 6 heteroatoms. The molecule has 1 aromatic rings. The molecule has 5 nitrogen and oxygen atoms in total. The Morgan fingerprint density at radius 2 is 2.00 bits per heavy atom. The third-order valence-corrected chi connectivity index (χ3v) is 5.12. The quantitative estimate of drug-likeness (QED) is 0.687. The highest BCUT2D eigenvalue weighted by Crippen LogP contribution is 2.23. The second-order valence-electron chi connectivity index (χ2n) is 6.38. The number of hydrogen-bond acceptors (Lipinski definition) is 3. The van der Waals surface area contributed by atoms with Gasteiger partial charge in [-0.05, 0) is 17.9 Å². The highest BCUT2D eigenvalue weighted by Gasteiger charge is 2.23. The van der Waals surface area contributed by atoms with Gasteiger partial charge in [-0.3, -0.25) is 0 Å². The predicted molar refractivity (Wildman–Crippen MR) is 84.4 cm³/mol. The zero-order chi connectivity index (χ0) is 16.1. The summed E-state index contributed by atoms with van der Waals surface area (Å²) in [6, 6.07) is 1.51. The molecular formula is C15H28N2O3S. The number of nitrogens with zero attached hydrogens (tertiary/aromatic N) is 1. The fraction of sp³-hybridized carbons (Fsp3) is 0.733. The van der Waals surface area contributed by atoms with Crippen molar-refractivity contribution in [2.24, 2.45) is 12.5 Å². The lowest BCUT2D eigenvalue weighted by atomic mass is 9.87. The molecule has 2 N–H and O–H groups in total. The molecule has 0 spiro atoms. The maximum absolute atomic E-state index is 12.3. The van der Waals surface area contributed by atoms with E-state index < -0.39 is 10.0 Å². The molecule has 1 rings (SSSR count). The first-order chi connectivity index (χ1) is 9.72. The van der Waals surface area contributed by atoms with Crippen LogP contribution in [0.2, 0.25) is 0 Å². The number of sulfonamides is 1. The summed E-state index contributed by atoms with van der Waals surface area (Å²) in [7, 11) is -1.80. The zero-order valence-corrected chi connectivity index (χ0v) is 14.3. The molecule has 0 bridgehead atoms. The van der Waals surface area contributed by atoms with Crippen molar-refractivity contribution < 1.29 is 13.5 Å². The molecule has 0 saturated carbocycles. The first-order valence-electron chi connectivity index (χ1n) is 7.47. The first kappa shape index (κ1) is 18.2. The second kappa shape index (κ2) is 7.42. The second-order valence-corrected chi connectivity index (χ2v) is 8.15. The van der Waals surface area contributed by atoms with Gasteiger partial charge in [0, 0.05) is 25.5 Å². The Morgan fingerprint density at radius 1 is 1.33 bits per heavy atom. The lowest BCUT2D eigenvalue weighted by molar-refractivity contribution is 0.272. The number of aliphatic hydroxyl groups is 1. The fourth-order valence-corrected chi connectivity index (χ4v) is 3.53. The molecule has 0 fully saturated rings. The minimum absolute atomic E-state index is 0.0587. The smallest absolute Gasteiger partial charge is 0.242 e. The van der Waals surface area contributed by atoms with Crippen LogP contribution in [-0.4, -0.2) is 24.6 Å². The topological polar surface area (TPSA) is 71.3 Å². The minimum atomic E-state index is -3.52. The molecule has 0 atom stereocenters. The van der Waals surface area contributed by atoms with Gasteiger partial charge in [-0.15, -0.1) is 0 Å².